The molecule has 0 aliphatic heterocycles. The highest BCUT2D eigenvalue weighted by Crippen LogP contribution is 2.63. The van der Waals surface area contributed by atoms with Gasteiger partial charge in [-0.25, -0.2) is 0 Å². The minimum absolute atomic E-state index is 0. The van der Waals surface area contributed by atoms with Crippen LogP contribution in [0.3, 0.4) is 0 Å². The molecule has 3 rings (SSSR count). The summed E-state index contributed by atoms with van der Waals surface area (Å²) in [5.74, 6) is -2.22. The molecule has 0 unspecified atom stereocenters. The van der Waals surface area contributed by atoms with Crippen molar-refractivity contribution in [3.8, 4) is 0 Å². The van der Waals surface area contributed by atoms with Crippen LogP contribution in [0.5, 0.6) is 0 Å². The van der Waals surface area contributed by atoms with Gasteiger partial charge in [0.2, 0.25) is 5.91 Å². The second kappa shape index (κ2) is 6.03. The van der Waals surface area contributed by atoms with Crippen molar-refractivity contribution in [2.75, 3.05) is 0 Å². The number of esters is 1. The van der Waals surface area contributed by atoms with E-state index in [1.165, 1.54) is 0 Å². The number of benzene rings is 1. The fourth-order valence-corrected chi connectivity index (χ4v) is 4.22. The van der Waals surface area contributed by atoms with E-state index in [2.05, 4.69) is 11.9 Å². The molecule has 1 aromatic carbocycles. The summed E-state index contributed by atoms with van der Waals surface area (Å²) in [6.45, 7) is 5.30. The van der Waals surface area contributed by atoms with Crippen LogP contribution >= 0.6 is 0 Å². The summed E-state index contributed by atoms with van der Waals surface area (Å²) in [5, 5.41) is 13.6. The van der Waals surface area contributed by atoms with Crippen LogP contribution in [0.1, 0.15) is 26.4 Å². The van der Waals surface area contributed by atoms with Gasteiger partial charge in [-0.1, -0.05) is 36.9 Å². The van der Waals surface area contributed by atoms with Gasteiger partial charge in [0.05, 0.1) is 18.3 Å². The summed E-state index contributed by atoms with van der Waals surface area (Å²) < 4.78 is 4.85. The fourth-order valence-electron chi connectivity index (χ4n) is 4.22. The van der Waals surface area contributed by atoms with Crippen LogP contribution in [-0.4, -0.2) is 28.6 Å². The summed E-state index contributed by atoms with van der Waals surface area (Å²) in [6.07, 6.45) is 0.502. The van der Waals surface area contributed by atoms with E-state index in [1.54, 1.807) is 0 Å². The second-order valence-electron chi connectivity index (χ2n) is 6.62. The smallest absolute Gasteiger partial charge is 0.314 e. The van der Waals surface area contributed by atoms with Crippen molar-refractivity contribution in [1.29, 1.82) is 0 Å². The van der Waals surface area contributed by atoms with Crippen LogP contribution in [0.4, 0.5) is 0 Å². The average molecular weight is 332 g/mol. The third-order valence-electron chi connectivity index (χ3n) is 5.30. The molecule has 4 N–H and O–H groups in total. The second-order valence-corrected chi connectivity index (χ2v) is 6.62. The molecule has 0 saturated heterocycles. The largest absolute Gasteiger partial charge is 0.435 e. The number of primary amides is 1. The lowest BCUT2D eigenvalue weighted by Gasteiger charge is -2.34. The van der Waals surface area contributed by atoms with Gasteiger partial charge in [0.1, 0.15) is 5.54 Å². The van der Waals surface area contributed by atoms with E-state index in [9.17, 15) is 14.7 Å². The maximum Gasteiger partial charge on any atom is 0.314 e. The van der Waals surface area contributed by atoms with E-state index in [4.69, 9.17) is 10.5 Å². The number of fused-ring (bicyclic) bond motifs is 1. The van der Waals surface area contributed by atoms with Gasteiger partial charge in [0.15, 0.2) is 0 Å². The van der Waals surface area contributed by atoms with Gasteiger partial charge in [0.25, 0.3) is 0 Å². The number of hydrogen-bond donors (Lipinski definition) is 3. The third-order valence-corrected chi connectivity index (χ3v) is 5.30. The molecule has 1 amide bonds. The molecule has 0 spiro atoms. The van der Waals surface area contributed by atoms with Crippen molar-refractivity contribution in [2.24, 2.45) is 23.5 Å². The number of rotatable bonds is 6. The Balaban J connectivity index is 0.00000225. The Morgan fingerprint density at radius 3 is 2.75 bits per heavy atom. The van der Waals surface area contributed by atoms with Crippen LogP contribution < -0.4 is 11.1 Å². The Morgan fingerprint density at radius 1 is 1.50 bits per heavy atom. The molecule has 24 heavy (non-hydrogen) atoms. The highest BCUT2D eigenvalue weighted by molar-refractivity contribution is 5.90. The molecule has 0 aromatic heterocycles. The molecule has 6 heteroatoms. The molecule has 2 aliphatic carbocycles. The molecule has 1 aromatic rings. The molecule has 6 atom stereocenters. The van der Waals surface area contributed by atoms with Gasteiger partial charge < -0.3 is 15.6 Å². The molecular formula is C18H24N2O4. The lowest BCUT2D eigenvalue weighted by Crippen LogP contribution is -2.58. The average Bonchev–Trinajstić information content (AvgIpc) is 3.24. The monoisotopic (exact) mass is 332 g/mol. The first-order valence-corrected chi connectivity index (χ1v) is 8.04. The van der Waals surface area contributed by atoms with Crippen molar-refractivity contribution >= 4 is 11.9 Å². The van der Waals surface area contributed by atoms with E-state index >= 15 is 0 Å². The minimum atomic E-state index is -1.12. The van der Waals surface area contributed by atoms with Gasteiger partial charge in [-0.05, 0) is 12.5 Å². The molecule has 6 nitrogen and oxygen atoms in total. The van der Waals surface area contributed by atoms with Gasteiger partial charge in [-0.3, -0.25) is 14.9 Å². The summed E-state index contributed by atoms with van der Waals surface area (Å²) in [5.41, 5.74) is 5.57. The van der Waals surface area contributed by atoms with Crippen LogP contribution in [0.25, 0.3) is 0 Å². The predicted molar refractivity (Wildman–Crippen MR) is 89.4 cm³/mol. The van der Waals surface area contributed by atoms with E-state index in [1.807, 2.05) is 37.3 Å². The fraction of sp³-hybridized carbons (Fsp3) is 0.444. The van der Waals surface area contributed by atoms with Crippen molar-refractivity contribution in [3.05, 3.63) is 48.7 Å². The van der Waals surface area contributed by atoms with E-state index < -0.39 is 29.4 Å². The maximum atomic E-state index is 12.3. The van der Waals surface area contributed by atoms with Crippen molar-refractivity contribution in [1.82, 2.24) is 5.32 Å². The summed E-state index contributed by atoms with van der Waals surface area (Å²) in [6, 6.07) is 9.49. The number of carbonyl (C=O) groups is 2. The lowest BCUT2D eigenvalue weighted by atomic mass is 9.87. The van der Waals surface area contributed by atoms with Crippen molar-refractivity contribution in [2.45, 2.75) is 31.0 Å². The SMILES string of the molecule is C=COC(=O)[C@H]1[C@H]2[C@@H]1[C@](N[C@H](C)c1ccccc1)(C(N)=O)C[C@@H]2O.[HH]. The number of nitrogens with two attached hydrogens (primary N) is 1. The quantitative estimate of drug-likeness (QED) is 0.535. The number of carbonyl (C=O) groups excluding carboxylic acids is 2. The number of amides is 1. The molecular weight excluding hydrogens is 308 g/mol. The third kappa shape index (κ3) is 2.52. The minimum Gasteiger partial charge on any atom is -0.435 e. The molecule has 0 radical (unpaired) electrons. The standard InChI is InChI=1S/C18H22N2O4.H2/c1-3-24-16(22)14-13-12(21)9-18(15(13)14,17(19)23)20-10(2)11-7-5-4-6-8-11;/h3-8,10,12-15,20-21H,1,9H2,2H3,(H2,19,23);1H/t10-,12+,13+,14+,15+,18+;/m1./s1. The molecule has 0 bridgehead atoms. The van der Waals surface area contributed by atoms with Crippen LogP contribution in [-0.2, 0) is 14.3 Å². The Labute approximate surface area is 142 Å². The zero-order chi connectivity index (χ0) is 17.5. The summed E-state index contributed by atoms with van der Waals surface area (Å²) in [7, 11) is 0. The number of ether oxygens (including phenoxy) is 1. The summed E-state index contributed by atoms with van der Waals surface area (Å²) >= 11 is 0. The number of hydrogen-bond acceptors (Lipinski definition) is 5. The first kappa shape index (κ1) is 16.7. The maximum absolute atomic E-state index is 12.3. The Kier molecular flexibility index (Phi) is 4.19. The topological polar surface area (TPSA) is 102 Å². The molecule has 2 saturated carbocycles. The van der Waals surface area contributed by atoms with Crippen LogP contribution in [0.15, 0.2) is 43.2 Å². The van der Waals surface area contributed by atoms with Gasteiger partial charge in [0, 0.05) is 25.7 Å². The predicted octanol–water partition coefficient (Wildman–Crippen LogP) is 1.12. The highest BCUT2D eigenvalue weighted by Gasteiger charge is 2.74. The normalized spacial score (nSPS) is 34.9. The number of nitrogens with one attached hydrogen (secondary N) is 1. The Hall–Kier alpha value is -2.18. The zero-order valence-electron chi connectivity index (χ0n) is 13.5. The Bertz CT molecular complexity index is 668. The lowest BCUT2D eigenvalue weighted by molar-refractivity contribution is -0.141. The van der Waals surface area contributed by atoms with E-state index in [0.717, 1.165) is 11.8 Å². The Morgan fingerprint density at radius 2 is 2.17 bits per heavy atom. The zero-order valence-corrected chi connectivity index (χ0v) is 13.5. The highest BCUT2D eigenvalue weighted by atomic mass is 16.5. The molecule has 130 valence electrons. The van der Waals surface area contributed by atoms with Gasteiger partial charge in [-0.2, -0.15) is 0 Å². The van der Waals surface area contributed by atoms with Crippen LogP contribution in [0, 0.1) is 17.8 Å². The molecule has 2 aliphatic rings. The molecule has 0 heterocycles. The van der Waals surface area contributed by atoms with E-state index in [0.29, 0.717) is 0 Å². The summed E-state index contributed by atoms with van der Waals surface area (Å²) in [4.78, 5) is 24.3. The van der Waals surface area contributed by atoms with Gasteiger partial charge in [-0.15, -0.1) is 0 Å². The first-order valence-electron chi connectivity index (χ1n) is 8.04. The van der Waals surface area contributed by atoms with Gasteiger partial charge >= 0.3 is 5.97 Å². The number of aliphatic hydroxyl groups excluding tert-OH is 1. The first-order chi connectivity index (χ1) is 11.4. The number of aliphatic hydroxyl groups is 1. The van der Waals surface area contributed by atoms with Crippen molar-refractivity contribution in [3.63, 3.8) is 0 Å². The van der Waals surface area contributed by atoms with E-state index in [-0.39, 0.29) is 25.7 Å². The van der Waals surface area contributed by atoms with Crippen molar-refractivity contribution < 1.29 is 20.9 Å². The van der Waals surface area contributed by atoms with Crippen LogP contribution in [0.2, 0.25) is 0 Å². The molecule has 2 fully saturated rings.